The summed E-state index contributed by atoms with van der Waals surface area (Å²) in [4.78, 5) is 0. The second-order valence-electron chi connectivity index (χ2n) is 6.23. The summed E-state index contributed by atoms with van der Waals surface area (Å²) >= 11 is 6.10. The lowest BCUT2D eigenvalue weighted by molar-refractivity contribution is 0.311. The van der Waals surface area contributed by atoms with Crippen molar-refractivity contribution in [1.82, 2.24) is 0 Å². The van der Waals surface area contributed by atoms with Crippen LogP contribution in [0.25, 0.3) is 0 Å². The van der Waals surface area contributed by atoms with E-state index in [2.05, 4.69) is 34.8 Å². The lowest BCUT2D eigenvalue weighted by Crippen LogP contribution is -1.99. The van der Waals surface area contributed by atoms with E-state index in [1.807, 2.05) is 36.4 Å². The Morgan fingerprint density at radius 2 is 1.79 bits per heavy atom. The van der Waals surface area contributed by atoms with Crippen molar-refractivity contribution in [2.45, 2.75) is 12.8 Å². The molecule has 144 valence electrons. The molecule has 0 aliphatic heterocycles. The van der Waals surface area contributed by atoms with Crippen LogP contribution in [0.5, 0.6) is 11.5 Å². The van der Waals surface area contributed by atoms with Crippen LogP contribution in [0.15, 0.2) is 77.9 Å². The quantitative estimate of drug-likeness (QED) is 0.283. The second kappa shape index (κ2) is 10.4. The number of benzene rings is 3. The molecule has 1 N–H and O–H groups in total. The largest absolute Gasteiger partial charge is 0.495 e. The molecule has 28 heavy (non-hydrogen) atoms. The van der Waals surface area contributed by atoms with Crippen LogP contribution in [0.1, 0.15) is 17.5 Å². The molecule has 3 rings (SSSR count). The third kappa shape index (κ3) is 6.03. The number of ether oxygens (including phenoxy) is 2. The molecule has 4 nitrogen and oxygen atoms in total. The summed E-state index contributed by atoms with van der Waals surface area (Å²) in [7, 11) is 1.59. The van der Waals surface area contributed by atoms with E-state index in [9.17, 15) is 0 Å². The van der Waals surface area contributed by atoms with Gasteiger partial charge in [0.05, 0.1) is 30.6 Å². The van der Waals surface area contributed by atoms with E-state index in [0.29, 0.717) is 17.4 Å². The summed E-state index contributed by atoms with van der Waals surface area (Å²) in [5.41, 5.74) is 6.06. The van der Waals surface area contributed by atoms with Gasteiger partial charge in [-0.05, 0) is 66.4 Å². The maximum absolute atomic E-state index is 6.10. The summed E-state index contributed by atoms with van der Waals surface area (Å²) < 4.78 is 10.9. The minimum Gasteiger partial charge on any atom is -0.495 e. The van der Waals surface area contributed by atoms with Crippen LogP contribution in [0.3, 0.4) is 0 Å². The Hall–Kier alpha value is -2.98. The predicted octanol–water partition coefficient (Wildman–Crippen LogP) is 5.81. The van der Waals surface area contributed by atoms with E-state index < -0.39 is 0 Å². The molecule has 0 spiro atoms. The fourth-order valence-electron chi connectivity index (χ4n) is 2.68. The smallest absolute Gasteiger partial charge is 0.137 e. The molecule has 0 amide bonds. The average Bonchev–Trinajstić information content (AvgIpc) is 2.73. The molecule has 0 aliphatic carbocycles. The lowest BCUT2D eigenvalue weighted by atomic mass is 10.1. The van der Waals surface area contributed by atoms with Gasteiger partial charge in [-0.2, -0.15) is 5.10 Å². The number of nitrogens with one attached hydrogen (secondary N) is 1. The van der Waals surface area contributed by atoms with Crippen molar-refractivity contribution in [1.29, 1.82) is 0 Å². The topological polar surface area (TPSA) is 42.8 Å². The Morgan fingerprint density at radius 3 is 2.50 bits per heavy atom. The van der Waals surface area contributed by atoms with E-state index in [4.69, 9.17) is 21.1 Å². The number of hydrogen-bond donors (Lipinski definition) is 1. The van der Waals surface area contributed by atoms with Crippen molar-refractivity contribution < 1.29 is 9.47 Å². The average molecular weight is 395 g/mol. The fraction of sp³-hybridized carbons (Fsp3) is 0.174. The first kappa shape index (κ1) is 19.8. The van der Waals surface area contributed by atoms with Crippen molar-refractivity contribution in [3.05, 3.63) is 88.9 Å². The monoisotopic (exact) mass is 394 g/mol. The molecule has 0 heterocycles. The first-order chi connectivity index (χ1) is 13.7. The van der Waals surface area contributed by atoms with Gasteiger partial charge in [0.15, 0.2) is 0 Å². The minimum absolute atomic E-state index is 0.538. The maximum Gasteiger partial charge on any atom is 0.137 e. The Kier molecular flexibility index (Phi) is 7.33. The van der Waals surface area contributed by atoms with E-state index in [1.165, 1.54) is 5.56 Å². The van der Waals surface area contributed by atoms with Gasteiger partial charge in [0.25, 0.3) is 0 Å². The summed E-state index contributed by atoms with van der Waals surface area (Å²) in [6, 6.07) is 23.7. The number of methoxy groups -OCH3 is 1. The van der Waals surface area contributed by atoms with Gasteiger partial charge in [-0.1, -0.05) is 41.9 Å². The minimum atomic E-state index is 0.538. The van der Waals surface area contributed by atoms with Crippen molar-refractivity contribution in [2.75, 3.05) is 19.1 Å². The zero-order valence-electron chi connectivity index (χ0n) is 15.8. The molecule has 0 fully saturated rings. The Balaban J connectivity index is 1.43. The first-order valence-electron chi connectivity index (χ1n) is 9.14. The number of nitrogens with zero attached hydrogens (tertiary/aromatic N) is 1. The molecule has 5 heteroatoms. The molecule has 0 aromatic heterocycles. The molecule has 0 unspecified atom stereocenters. The Morgan fingerprint density at radius 1 is 1.00 bits per heavy atom. The molecule has 3 aromatic carbocycles. The number of halogens is 1. The molecule has 0 saturated carbocycles. The van der Waals surface area contributed by atoms with Gasteiger partial charge < -0.3 is 9.47 Å². The van der Waals surface area contributed by atoms with Gasteiger partial charge in [0, 0.05) is 0 Å². The predicted molar refractivity (Wildman–Crippen MR) is 116 cm³/mol. The van der Waals surface area contributed by atoms with Crippen LogP contribution in [-0.2, 0) is 6.42 Å². The summed E-state index contributed by atoms with van der Waals surface area (Å²) in [5.74, 6) is 1.50. The molecular formula is C23H23ClN2O2. The van der Waals surface area contributed by atoms with Crippen LogP contribution in [0.4, 0.5) is 5.69 Å². The van der Waals surface area contributed by atoms with Gasteiger partial charge in [-0.15, -0.1) is 0 Å². The van der Waals surface area contributed by atoms with Crippen molar-refractivity contribution in [2.24, 2.45) is 5.10 Å². The maximum atomic E-state index is 6.10. The van der Waals surface area contributed by atoms with E-state index in [-0.39, 0.29) is 0 Å². The van der Waals surface area contributed by atoms with E-state index >= 15 is 0 Å². The summed E-state index contributed by atoms with van der Waals surface area (Å²) in [6.07, 6.45) is 3.76. The van der Waals surface area contributed by atoms with Gasteiger partial charge in [-0.25, -0.2) is 0 Å². The van der Waals surface area contributed by atoms with Crippen LogP contribution in [-0.4, -0.2) is 19.9 Å². The zero-order chi connectivity index (χ0) is 19.6. The molecular weight excluding hydrogens is 372 g/mol. The van der Waals surface area contributed by atoms with Gasteiger partial charge in [-0.3, -0.25) is 5.43 Å². The number of rotatable bonds is 9. The summed E-state index contributed by atoms with van der Waals surface area (Å²) in [5, 5.41) is 4.77. The zero-order valence-corrected chi connectivity index (χ0v) is 16.5. The van der Waals surface area contributed by atoms with E-state index in [0.717, 1.165) is 29.8 Å². The van der Waals surface area contributed by atoms with E-state index in [1.54, 1.807) is 25.5 Å². The van der Waals surface area contributed by atoms with Crippen molar-refractivity contribution in [3.63, 3.8) is 0 Å². The van der Waals surface area contributed by atoms with Crippen LogP contribution < -0.4 is 14.9 Å². The highest BCUT2D eigenvalue weighted by atomic mass is 35.5. The highest BCUT2D eigenvalue weighted by Gasteiger charge is 2.00. The van der Waals surface area contributed by atoms with Crippen molar-refractivity contribution >= 4 is 23.5 Å². The van der Waals surface area contributed by atoms with Gasteiger partial charge >= 0.3 is 0 Å². The number of aryl methyl sites for hydroxylation is 1. The Labute approximate surface area is 170 Å². The van der Waals surface area contributed by atoms with Crippen LogP contribution in [0.2, 0.25) is 5.02 Å². The molecule has 0 bridgehead atoms. The number of hydrogen-bond acceptors (Lipinski definition) is 4. The fourth-order valence-corrected chi connectivity index (χ4v) is 2.94. The molecule has 0 saturated heterocycles. The lowest BCUT2D eigenvalue weighted by Gasteiger charge is -2.07. The molecule has 3 aromatic rings. The molecule has 0 radical (unpaired) electrons. The normalized spacial score (nSPS) is 10.8. The van der Waals surface area contributed by atoms with Crippen molar-refractivity contribution in [3.8, 4) is 11.5 Å². The molecule has 0 aliphatic rings. The highest BCUT2D eigenvalue weighted by Crippen LogP contribution is 2.27. The molecule has 0 atom stereocenters. The van der Waals surface area contributed by atoms with Gasteiger partial charge in [0.1, 0.15) is 11.5 Å². The standard InChI is InChI=1S/C23H23ClN2O2/c1-27-23-14-11-20(16-22(23)24)26-25-17-19-9-12-21(13-10-19)28-15-5-8-18-6-3-2-4-7-18/h2-4,6-7,9-14,16-17,26H,5,8,15H2,1H3/b25-17+. The Bertz CT molecular complexity index is 896. The number of anilines is 1. The number of hydrazone groups is 1. The highest BCUT2D eigenvalue weighted by molar-refractivity contribution is 6.32. The van der Waals surface area contributed by atoms with Crippen LogP contribution in [0, 0.1) is 0 Å². The summed E-state index contributed by atoms with van der Waals surface area (Å²) in [6.45, 7) is 0.697. The first-order valence-corrected chi connectivity index (χ1v) is 9.52. The third-order valence-electron chi connectivity index (χ3n) is 4.16. The van der Waals surface area contributed by atoms with Crippen LogP contribution >= 0.6 is 11.6 Å². The second-order valence-corrected chi connectivity index (χ2v) is 6.63. The SMILES string of the molecule is COc1ccc(N/N=C/c2ccc(OCCCc3ccccc3)cc2)cc1Cl. The van der Waals surface area contributed by atoms with Gasteiger partial charge in [0.2, 0.25) is 0 Å². The third-order valence-corrected chi connectivity index (χ3v) is 4.46.